The average molecular weight is 291 g/mol. The average Bonchev–Trinajstić information content (AvgIpc) is 3.36. The van der Waals surface area contributed by atoms with E-state index in [1.165, 1.54) is 38.9 Å². The normalized spacial score (nSPS) is 18.0. The summed E-state index contributed by atoms with van der Waals surface area (Å²) in [6, 6.07) is 5.17. The number of halogens is 1. The summed E-state index contributed by atoms with van der Waals surface area (Å²) in [6.45, 7) is 1.84. The van der Waals surface area contributed by atoms with Crippen molar-refractivity contribution in [2.24, 2.45) is 5.92 Å². The number of Topliss-reactive ketones (excluding diaryl/α,β-unsaturated/α-hetero) is 1. The van der Waals surface area contributed by atoms with Gasteiger partial charge in [0.1, 0.15) is 11.6 Å². The molecule has 2 aliphatic rings. The Morgan fingerprint density at radius 3 is 2.71 bits per heavy atom. The highest BCUT2D eigenvalue weighted by atomic mass is 19.1. The molecule has 3 rings (SSSR count). The van der Waals surface area contributed by atoms with Gasteiger partial charge in [0, 0.05) is 25.6 Å². The molecule has 0 unspecified atom stereocenters. The Hall–Kier alpha value is -1.42. The minimum absolute atomic E-state index is 0.0992. The van der Waals surface area contributed by atoms with Crippen molar-refractivity contribution in [2.45, 2.75) is 38.1 Å². The van der Waals surface area contributed by atoms with Crippen molar-refractivity contribution in [1.29, 1.82) is 0 Å². The van der Waals surface area contributed by atoms with Gasteiger partial charge in [-0.1, -0.05) is 6.07 Å². The number of rotatable bonds is 8. The summed E-state index contributed by atoms with van der Waals surface area (Å²) in [5.74, 6) is 0.509. The number of nitrogens with zero attached hydrogens (tertiary/aromatic N) is 1. The predicted molar refractivity (Wildman–Crippen MR) is 79.2 cm³/mol. The minimum Gasteiger partial charge on any atom is -0.496 e. The van der Waals surface area contributed by atoms with Gasteiger partial charge in [-0.25, -0.2) is 4.39 Å². The van der Waals surface area contributed by atoms with Crippen LogP contribution in [0.1, 0.15) is 42.5 Å². The molecular weight excluding hydrogens is 269 g/mol. The molecule has 4 heteroatoms. The van der Waals surface area contributed by atoms with Gasteiger partial charge in [0.05, 0.1) is 12.7 Å². The Labute approximate surface area is 125 Å². The van der Waals surface area contributed by atoms with E-state index in [1.54, 1.807) is 12.1 Å². The fourth-order valence-electron chi connectivity index (χ4n) is 2.81. The third-order valence-corrected chi connectivity index (χ3v) is 4.35. The molecule has 0 aromatic heterocycles. The van der Waals surface area contributed by atoms with Crippen molar-refractivity contribution in [1.82, 2.24) is 4.90 Å². The fraction of sp³-hybridized carbons (Fsp3) is 0.588. The largest absolute Gasteiger partial charge is 0.496 e. The van der Waals surface area contributed by atoms with Crippen LogP contribution in [0.3, 0.4) is 0 Å². The maximum absolute atomic E-state index is 13.9. The Kier molecular flexibility index (Phi) is 4.24. The molecule has 3 nitrogen and oxygen atoms in total. The van der Waals surface area contributed by atoms with Crippen molar-refractivity contribution in [3.05, 3.63) is 29.6 Å². The molecule has 2 fully saturated rings. The van der Waals surface area contributed by atoms with Crippen LogP contribution in [0.5, 0.6) is 5.75 Å². The van der Waals surface area contributed by atoms with E-state index in [0.717, 1.165) is 19.0 Å². The molecule has 0 amide bonds. The van der Waals surface area contributed by atoms with Crippen molar-refractivity contribution < 1.29 is 13.9 Å². The van der Waals surface area contributed by atoms with Gasteiger partial charge in [0.15, 0.2) is 5.78 Å². The molecule has 1 aromatic carbocycles. The van der Waals surface area contributed by atoms with Gasteiger partial charge in [-0.3, -0.25) is 9.69 Å². The molecule has 0 spiro atoms. The lowest BCUT2D eigenvalue weighted by molar-refractivity contribution is 0.0953. The van der Waals surface area contributed by atoms with E-state index in [9.17, 15) is 9.18 Å². The van der Waals surface area contributed by atoms with Crippen LogP contribution in [0, 0.1) is 11.7 Å². The van der Waals surface area contributed by atoms with Crippen LogP contribution in [-0.4, -0.2) is 36.9 Å². The topological polar surface area (TPSA) is 29.5 Å². The lowest BCUT2D eigenvalue weighted by Crippen LogP contribution is -2.30. The molecule has 0 saturated heterocycles. The van der Waals surface area contributed by atoms with E-state index < -0.39 is 5.82 Å². The summed E-state index contributed by atoms with van der Waals surface area (Å²) in [6.07, 6.45) is 5.48. The van der Waals surface area contributed by atoms with Gasteiger partial charge in [0.2, 0.25) is 0 Å². The van der Waals surface area contributed by atoms with Crippen molar-refractivity contribution >= 4 is 5.78 Å². The highest BCUT2D eigenvalue weighted by Crippen LogP contribution is 2.35. The zero-order valence-electron chi connectivity index (χ0n) is 12.5. The quantitative estimate of drug-likeness (QED) is 0.688. The van der Waals surface area contributed by atoms with E-state index >= 15 is 0 Å². The van der Waals surface area contributed by atoms with Crippen molar-refractivity contribution in [3.8, 4) is 5.75 Å². The molecular formula is C17H22FNO2. The molecule has 0 radical (unpaired) electrons. The third-order valence-electron chi connectivity index (χ3n) is 4.35. The number of methoxy groups -OCH3 is 1. The van der Waals surface area contributed by atoms with E-state index in [0.29, 0.717) is 18.2 Å². The summed E-state index contributed by atoms with van der Waals surface area (Å²) < 4.78 is 19.0. The highest BCUT2D eigenvalue weighted by molar-refractivity contribution is 5.99. The summed E-state index contributed by atoms with van der Waals surface area (Å²) in [5.41, 5.74) is 0.0992. The predicted octanol–water partition coefficient (Wildman–Crippen LogP) is 3.28. The molecule has 2 saturated carbocycles. The highest BCUT2D eigenvalue weighted by Gasteiger charge is 2.33. The first-order valence-corrected chi connectivity index (χ1v) is 7.78. The van der Waals surface area contributed by atoms with E-state index in [2.05, 4.69) is 4.90 Å². The van der Waals surface area contributed by atoms with Crippen LogP contribution in [0.2, 0.25) is 0 Å². The lowest BCUT2D eigenvalue weighted by atomic mass is 10.1. The Morgan fingerprint density at radius 2 is 2.10 bits per heavy atom. The Balaban J connectivity index is 1.62. The van der Waals surface area contributed by atoms with Gasteiger partial charge < -0.3 is 4.74 Å². The van der Waals surface area contributed by atoms with Crippen LogP contribution in [-0.2, 0) is 0 Å². The second-order valence-electron chi connectivity index (χ2n) is 6.16. The summed E-state index contributed by atoms with van der Waals surface area (Å²) in [5, 5.41) is 0. The van der Waals surface area contributed by atoms with Crippen LogP contribution in [0.15, 0.2) is 18.2 Å². The SMILES string of the molecule is COc1cccc(F)c1C(=O)CCN(CC1CC1)C1CC1. The van der Waals surface area contributed by atoms with Crippen LogP contribution >= 0.6 is 0 Å². The number of carbonyl (C=O) groups excluding carboxylic acids is 1. The summed E-state index contributed by atoms with van der Waals surface area (Å²) >= 11 is 0. The molecule has 2 aliphatic carbocycles. The number of hydrogen-bond acceptors (Lipinski definition) is 3. The van der Waals surface area contributed by atoms with Crippen LogP contribution in [0.4, 0.5) is 4.39 Å². The number of ketones is 1. The van der Waals surface area contributed by atoms with Gasteiger partial charge >= 0.3 is 0 Å². The molecule has 0 bridgehead atoms. The molecule has 21 heavy (non-hydrogen) atoms. The van der Waals surface area contributed by atoms with Gasteiger partial charge in [0.25, 0.3) is 0 Å². The maximum Gasteiger partial charge on any atom is 0.170 e. The first-order valence-electron chi connectivity index (χ1n) is 7.78. The third kappa shape index (κ3) is 3.62. The second-order valence-corrected chi connectivity index (χ2v) is 6.16. The minimum atomic E-state index is -0.487. The number of ether oxygens (including phenoxy) is 1. The van der Waals surface area contributed by atoms with E-state index in [4.69, 9.17) is 4.74 Å². The number of carbonyl (C=O) groups is 1. The molecule has 0 atom stereocenters. The molecule has 1 aromatic rings. The zero-order chi connectivity index (χ0) is 14.8. The molecule has 0 aliphatic heterocycles. The van der Waals surface area contributed by atoms with Crippen LogP contribution < -0.4 is 4.74 Å². The Morgan fingerprint density at radius 1 is 1.33 bits per heavy atom. The number of benzene rings is 1. The smallest absolute Gasteiger partial charge is 0.170 e. The van der Waals surface area contributed by atoms with E-state index in [-0.39, 0.29) is 11.3 Å². The molecule has 0 N–H and O–H groups in total. The summed E-state index contributed by atoms with van der Waals surface area (Å²) in [4.78, 5) is 14.8. The van der Waals surface area contributed by atoms with Gasteiger partial charge in [-0.05, 0) is 43.7 Å². The number of hydrogen-bond donors (Lipinski definition) is 0. The van der Waals surface area contributed by atoms with Crippen molar-refractivity contribution in [2.75, 3.05) is 20.2 Å². The fourth-order valence-corrected chi connectivity index (χ4v) is 2.81. The Bertz CT molecular complexity index is 524. The molecule has 0 heterocycles. The first-order chi connectivity index (χ1) is 10.2. The lowest BCUT2D eigenvalue weighted by Gasteiger charge is -2.21. The maximum atomic E-state index is 13.9. The zero-order valence-corrected chi connectivity index (χ0v) is 12.5. The summed E-state index contributed by atoms with van der Waals surface area (Å²) in [7, 11) is 1.47. The van der Waals surface area contributed by atoms with Gasteiger partial charge in [-0.15, -0.1) is 0 Å². The monoisotopic (exact) mass is 291 g/mol. The van der Waals surface area contributed by atoms with Crippen molar-refractivity contribution in [3.63, 3.8) is 0 Å². The second kappa shape index (κ2) is 6.14. The standard InChI is InChI=1S/C17H22FNO2/c1-21-16-4-2-3-14(18)17(16)15(20)9-10-19(13-7-8-13)11-12-5-6-12/h2-4,12-13H,5-11H2,1H3. The first kappa shape index (κ1) is 14.5. The van der Waals surface area contributed by atoms with Gasteiger partial charge in [-0.2, -0.15) is 0 Å². The van der Waals surface area contributed by atoms with E-state index in [1.807, 2.05) is 0 Å². The van der Waals surface area contributed by atoms with Crippen LogP contribution in [0.25, 0.3) is 0 Å². The molecule has 114 valence electrons.